The van der Waals surface area contributed by atoms with Gasteiger partial charge in [0.25, 0.3) is 0 Å². The van der Waals surface area contributed by atoms with E-state index in [-0.39, 0.29) is 12.3 Å². The summed E-state index contributed by atoms with van der Waals surface area (Å²) in [4.78, 5) is 205. The molecule has 20 N–H and O–H groups in total. The van der Waals surface area contributed by atoms with E-state index in [0.29, 0.717) is 0 Å². The van der Waals surface area contributed by atoms with Gasteiger partial charge in [-0.25, -0.2) is 0 Å². The van der Waals surface area contributed by atoms with Gasteiger partial charge in [-0.3, -0.25) is 76.7 Å². The van der Waals surface area contributed by atoms with Crippen LogP contribution in [0.4, 0.5) is 0 Å². The van der Waals surface area contributed by atoms with Crippen LogP contribution in [0.25, 0.3) is 0 Å². The number of hydrogen-bond acceptors (Lipinski definition) is 18. The number of carbonyl (C=O) groups is 16. The van der Waals surface area contributed by atoms with Crippen molar-refractivity contribution in [3.63, 3.8) is 0 Å². The van der Waals surface area contributed by atoms with Gasteiger partial charge in [0.2, 0.25) is 76.8 Å². The summed E-state index contributed by atoms with van der Waals surface area (Å²) in [6.45, 7) is 11.5. The number of nitrogens with two attached hydrogens (primary N) is 2. The van der Waals surface area contributed by atoms with Gasteiger partial charge in [0.15, 0.2) is 0 Å². The zero-order valence-electron chi connectivity index (χ0n) is 49.9. The van der Waals surface area contributed by atoms with Gasteiger partial charge >= 0.3 is 17.9 Å². The second-order valence-corrected chi connectivity index (χ2v) is 22.0. The first-order valence-electron chi connectivity index (χ1n) is 27.7. The van der Waals surface area contributed by atoms with Crippen LogP contribution in [0, 0.1) is 23.7 Å². The Morgan fingerprint density at radius 1 is 0.391 bits per heavy atom. The molecule has 0 radical (unpaired) electrons. The molecule has 11 atom stereocenters. The maximum absolute atomic E-state index is 13.9. The van der Waals surface area contributed by atoms with Crippen LogP contribution in [0.3, 0.4) is 0 Å². The maximum atomic E-state index is 13.9. The first-order chi connectivity index (χ1) is 40.4. The Bertz CT molecular complexity index is 2460. The SMILES string of the molecule is CC(C)C[C@H](NC(=O)[C@H](CCC(N)=O)NC(=O)[C@H](CO)NC(=O)[C@@H](NC(=O)CNC(=O)[C@@H](NC(=O)[C@@H](NC(=O)[C@H](CCC(=O)O)NC(=O)[C@H](CCC(=O)O)NC(=O)CCl)[C@@H](C)O)C(C)C)C(C)C)C(=O)N[C@@H](CCC(=O)O)C(=O)N[C@H](C(N)=O)C(C)C. The Morgan fingerprint density at radius 3 is 1.09 bits per heavy atom. The van der Waals surface area contributed by atoms with Gasteiger partial charge < -0.3 is 95.5 Å². The summed E-state index contributed by atoms with van der Waals surface area (Å²) in [6.07, 6.45) is -6.33. The molecule has 0 aromatic heterocycles. The number of aliphatic hydroxyl groups is 2. The highest BCUT2D eigenvalue weighted by Gasteiger charge is 2.37. The Balaban J connectivity index is 6.35. The van der Waals surface area contributed by atoms with E-state index in [0.717, 1.165) is 6.92 Å². The third kappa shape index (κ3) is 30.6. The summed E-state index contributed by atoms with van der Waals surface area (Å²) in [5, 5.41) is 74.0. The monoisotopic (exact) mass is 1260 g/mol. The smallest absolute Gasteiger partial charge is 0.303 e. The van der Waals surface area contributed by atoms with Crippen molar-refractivity contribution in [2.45, 2.75) is 187 Å². The fraction of sp³-hybridized carbons (Fsp3) is 0.692. The van der Waals surface area contributed by atoms with E-state index in [1.165, 1.54) is 27.7 Å². The van der Waals surface area contributed by atoms with Gasteiger partial charge in [0.1, 0.15) is 66.3 Å². The van der Waals surface area contributed by atoms with E-state index in [9.17, 15) is 97.1 Å². The molecule has 0 saturated carbocycles. The number of amides is 13. The highest BCUT2D eigenvalue weighted by Crippen LogP contribution is 2.12. The summed E-state index contributed by atoms with van der Waals surface area (Å²) in [6, 6.07) is -16.0. The molecule has 35 heteroatoms. The summed E-state index contributed by atoms with van der Waals surface area (Å²) in [5.74, 6) is -20.6. The quantitative estimate of drug-likeness (QED) is 0.0253. The molecule has 0 fully saturated rings. The molecular weight excluding hydrogens is 1180 g/mol. The molecule has 0 aliphatic rings. The number of halogens is 1. The van der Waals surface area contributed by atoms with Crippen molar-refractivity contribution in [1.82, 2.24) is 58.5 Å². The Morgan fingerprint density at radius 2 is 0.724 bits per heavy atom. The number of nitrogens with one attached hydrogen (secondary N) is 11. The van der Waals surface area contributed by atoms with Gasteiger partial charge in [-0.1, -0.05) is 55.4 Å². The van der Waals surface area contributed by atoms with Crippen molar-refractivity contribution in [3.05, 3.63) is 0 Å². The molecule has 0 aliphatic carbocycles. The highest BCUT2D eigenvalue weighted by atomic mass is 35.5. The van der Waals surface area contributed by atoms with E-state index in [4.69, 9.17) is 28.2 Å². The minimum atomic E-state index is -1.89. The van der Waals surface area contributed by atoms with Gasteiger partial charge in [-0.15, -0.1) is 11.6 Å². The Kier molecular flexibility index (Phi) is 35.7. The number of alkyl halides is 1. The van der Waals surface area contributed by atoms with Crippen molar-refractivity contribution in [1.29, 1.82) is 0 Å². The average Bonchev–Trinajstić information content (AvgIpc) is 2.17. The molecule has 13 amide bonds. The topological polar surface area (TPSA) is 559 Å². The lowest BCUT2D eigenvalue weighted by Crippen LogP contribution is -2.62. The van der Waals surface area contributed by atoms with Crippen LogP contribution >= 0.6 is 11.6 Å². The first kappa shape index (κ1) is 78.7. The normalized spacial score (nSPS) is 14.9. The molecule has 0 heterocycles. The zero-order chi connectivity index (χ0) is 67.2. The molecule has 0 spiro atoms. The van der Waals surface area contributed by atoms with Crippen LogP contribution in [0.15, 0.2) is 0 Å². The number of hydrogen-bond donors (Lipinski definition) is 18. The summed E-state index contributed by atoms with van der Waals surface area (Å²) in [7, 11) is 0. The lowest BCUT2D eigenvalue weighted by Gasteiger charge is -2.28. The largest absolute Gasteiger partial charge is 0.481 e. The second-order valence-electron chi connectivity index (χ2n) is 21.8. The van der Waals surface area contributed by atoms with Crippen molar-refractivity contribution >= 4 is 106 Å². The van der Waals surface area contributed by atoms with E-state index < -0.39 is 249 Å². The Labute approximate surface area is 506 Å². The standard InChI is InChI=1S/C52H86ClN13O21/c1-22(2)18-31(48(83)59-29(12-16-37(74)75)46(81)64-39(23(3)4)43(55)78)61-45(80)28(10-14-33(54)69)60-49(84)32(21-67)62-51(86)41(25(7)8)63-35(71)20-56-50(85)40(24(5)6)65-52(87)42(26(9)68)66-47(82)30(13-17-38(76)77)58-44(79)27(11-15-36(72)73)57-34(70)19-53/h22-32,39-42,67-68H,10-21H2,1-9H3,(H2,54,69)(H2,55,78)(H,56,85)(H,57,70)(H,58,79)(H,59,83)(H,60,84)(H,61,80)(H,62,86)(H,63,71)(H,64,81)(H,65,87)(H,66,82)(H,72,73)(H,74,75)(H,76,77)/t26-,27+,28+,29+,30+,31+,32+,39+,40+,41+,42+/m1/s1. The molecule has 0 aromatic rings. The summed E-state index contributed by atoms with van der Waals surface area (Å²) >= 11 is 5.51. The fourth-order valence-corrected chi connectivity index (χ4v) is 8.02. The second kappa shape index (κ2) is 39.4. The van der Waals surface area contributed by atoms with Crippen LogP contribution in [0.2, 0.25) is 0 Å². The van der Waals surface area contributed by atoms with Crippen LogP contribution in [0.1, 0.15) is 120 Å². The first-order valence-corrected chi connectivity index (χ1v) is 28.3. The predicted molar refractivity (Wildman–Crippen MR) is 304 cm³/mol. The minimum absolute atomic E-state index is 0.103. The molecule has 0 aromatic carbocycles. The van der Waals surface area contributed by atoms with Crippen LogP contribution < -0.4 is 70.0 Å². The predicted octanol–water partition coefficient (Wildman–Crippen LogP) is -6.08. The summed E-state index contributed by atoms with van der Waals surface area (Å²) < 4.78 is 0. The third-order valence-electron chi connectivity index (χ3n) is 12.7. The lowest BCUT2D eigenvalue weighted by molar-refractivity contribution is -0.140. The van der Waals surface area contributed by atoms with Crippen LogP contribution in [0.5, 0.6) is 0 Å². The van der Waals surface area contributed by atoms with E-state index in [1.807, 2.05) is 0 Å². The number of carbonyl (C=O) groups excluding carboxylic acids is 13. The molecule has 87 heavy (non-hydrogen) atoms. The van der Waals surface area contributed by atoms with Crippen molar-refractivity contribution in [2.75, 3.05) is 19.0 Å². The molecule has 34 nitrogen and oxygen atoms in total. The van der Waals surface area contributed by atoms with Gasteiger partial charge in [-0.05, 0) is 62.7 Å². The number of rotatable bonds is 42. The lowest BCUT2D eigenvalue weighted by atomic mass is 10.00. The number of primary amides is 2. The number of aliphatic hydroxyl groups excluding tert-OH is 2. The zero-order valence-corrected chi connectivity index (χ0v) is 50.7. The molecule has 0 bridgehead atoms. The molecule has 0 saturated heterocycles. The van der Waals surface area contributed by atoms with E-state index in [2.05, 4.69) is 58.5 Å². The van der Waals surface area contributed by atoms with Gasteiger partial charge in [0.05, 0.1) is 19.3 Å². The van der Waals surface area contributed by atoms with Crippen molar-refractivity contribution in [3.8, 4) is 0 Å². The van der Waals surface area contributed by atoms with Crippen LogP contribution in [-0.2, 0) is 76.7 Å². The Hall–Kier alpha value is -8.27. The number of carboxylic acid groups (broad SMARTS) is 3. The number of carboxylic acids is 3. The summed E-state index contributed by atoms with van der Waals surface area (Å²) in [5.41, 5.74) is 10.8. The molecule has 0 aliphatic heterocycles. The van der Waals surface area contributed by atoms with Crippen molar-refractivity contribution in [2.24, 2.45) is 35.1 Å². The van der Waals surface area contributed by atoms with E-state index in [1.54, 1.807) is 27.7 Å². The van der Waals surface area contributed by atoms with Crippen LogP contribution in [-0.4, -0.2) is 206 Å². The highest BCUT2D eigenvalue weighted by molar-refractivity contribution is 6.27. The average molecular weight is 1260 g/mol. The van der Waals surface area contributed by atoms with Gasteiger partial charge in [0, 0.05) is 25.7 Å². The minimum Gasteiger partial charge on any atom is -0.481 e. The van der Waals surface area contributed by atoms with Gasteiger partial charge in [-0.2, -0.15) is 0 Å². The maximum Gasteiger partial charge on any atom is 0.303 e. The molecule has 0 rings (SSSR count). The van der Waals surface area contributed by atoms with Crippen molar-refractivity contribution < 1.29 is 102 Å². The fourth-order valence-electron chi connectivity index (χ4n) is 7.94. The molecule has 492 valence electrons. The molecular formula is C52H86ClN13O21. The third-order valence-corrected chi connectivity index (χ3v) is 13.0. The number of aliphatic carboxylic acids is 3. The molecule has 0 unspecified atom stereocenters. The van der Waals surface area contributed by atoms with E-state index >= 15 is 0 Å².